The summed E-state index contributed by atoms with van der Waals surface area (Å²) in [5.41, 5.74) is -1.83. The minimum absolute atomic E-state index is 0.470. The number of carbonyl (C=O) groups is 1. The second-order valence-corrected chi connectivity index (χ2v) is 5.30. The normalized spacial score (nSPS) is 14.8. The predicted octanol–water partition coefficient (Wildman–Crippen LogP) is 2.24. The van der Waals surface area contributed by atoms with Crippen LogP contribution in [0, 0.1) is 0 Å². The number of esters is 1. The summed E-state index contributed by atoms with van der Waals surface area (Å²) in [5, 5.41) is 10.3. The Bertz CT molecular complexity index is 412. The molecule has 1 N–H and O–H groups in total. The van der Waals surface area contributed by atoms with E-state index in [0.29, 0.717) is 11.3 Å². The van der Waals surface area contributed by atoms with Crippen molar-refractivity contribution in [2.45, 2.75) is 38.9 Å². The van der Waals surface area contributed by atoms with Crippen molar-refractivity contribution in [3.8, 4) is 5.75 Å². The average Bonchev–Trinajstić information content (AvgIpc) is 2.27. The molecular formula is C14H20O4. The molecule has 1 aromatic rings. The van der Waals surface area contributed by atoms with Gasteiger partial charge < -0.3 is 14.6 Å². The van der Waals surface area contributed by atoms with Gasteiger partial charge in [-0.05, 0) is 45.4 Å². The van der Waals surface area contributed by atoms with Crippen molar-refractivity contribution < 1.29 is 19.4 Å². The lowest BCUT2D eigenvalue weighted by Crippen LogP contribution is -2.38. The molecule has 0 aromatic heterocycles. The quantitative estimate of drug-likeness (QED) is 0.838. The van der Waals surface area contributed by atoms with E-state index < -0.39 is 17.2 Å². The summed E-state index contributed by atoms with van der Waals surface area (Å²) < 4.78 is 10.2. The maximum absolute atomic E-state index is 11.9. The average molecular weight is 252 g/mol. The van der Waals surface area contributed by atoms with Gasteiger partial charge >= 0.3 is 5.97 Å². The number of rotatable bonds is 3. The third-order valence-corrected chi connectivity index (χ3v) is 2.45. The Morgan fingerprint density at radius 1 is 1.11 bits per heavy atom. The monoisotopic (exact) mass is 252 g/mol. The molecule has 0 heterocycles. The van der Waals surface area contributed by atoms with E-state index >= 15 is 0 Å². The highest BCUT2D eigenvalue weighted by Gasteiger charge is 2.36. The first-order chi connectivity index (χ1) is 8.16. The highest BCUT2D eigenvalue weighted by atomic mass is 16.6. The van der Waals surface area contributed by atoms with Crippen LogP contribution >= 0.6 is 0 Å². The largest absolute Gasteiger partial charge is 0.497 e. The SMILES string of the molecule is COc1ccc(C(C)(O)C(=O)OC(C)(C)C)cc1. The van der Waals surface area contributed by atoms with Gasteiger partial charge in [0.15, 0.2) is 5.60 Å². The van der Waals surface area contributed by atoms with Crippen LogP contribution in [0.3, 0.4) is 0 Å². The first-order valence-electron chi connectivity index (χ1n) is 5.77. The molecule has 0 saturated carbocycles. The second kappa shape index (κ2) is 4.98. The summed E-state index contributed by atoms with van der Waals surface area (Å²) in [4.78, 5) is 11.9. The van der Waals surface area contributed by atoms with Gasteiger partial charge in [0, 0.05) is 0 Å². The topological polar surface area (TPSA) is 55.8 Å². The lowest BCUT2D eigenvalue weighted by atomic mass is 9.96. The number of hydrogen-bond acceptors (Lipinski definition) is 4. The van der Waals surface area contributed by atoms with Crippen molar-refractivity contribution in [1.82, 2.24) is 0 Å². The summed E-state index contributed by atoms with van der Waals surface area (Å²) in [6.07, 6.45) is 0. The molecular weight excluding hydrogens is 232 g/mol. The Labute approximate surface area is 108 Å². The maximum atomic E-state index is 11.9. The lowest BCUT2D eigenvalue weighted by Gasteiger charge is -2.27. The van der Waals surface area contributed by atoms with Gasteiger partial charge in [0.1, 0.15) is 11.4 Å². The van der Waals surface area contributed by atoms with Crippen LogP contribution in [-0.2, 0) is 15.1 Å². The number of benzene rings is 1. The van der Waals surface area contributed by atoms with Crippen molar-refractivity contribution >= 4 is 5.97 Å². The summed E-state index contributed by atoms with van der Waals surface area (Å²) in [7, 11) is 1.56. The molecule has 0 fully saturated rings. The third kappa shape index (κ3) is 3.47. The Morgan fingerprint density at radius 3 is 2.00 bits per heavy atom. The van der Waals surface area contributed by atoms with Gasteiger partial charge in [-0.25, -0.2) is 4.79 Å². The summed E-state index contributed by atoms with van der Waals surface area (Å²) in [6.45, 7) is 6.70. The van der Waals surface area contributed by atoms with Crippen LogP contribution in [-0.4, -0.2) is 23.8 Å². The van der Waals surface area contributed by atoms with E-state index in [1.165, 1.54) is 6.92 Å². The zero-order chi connectivity index (χ0) is 14.0. The van der Waals surface area contributed by atoms with E-state index in [2.05, 4.69) is 0 Å². The van der Waals surface area contributed by atoms with E-state index in [-0.39, 0.29) is 0 Å². The number of methoxy groups -OCH3 is 1. The van der Waals surface area contributed by atoms with E-state index in [9.17, 15) is 9.90 Å². The summed E-state index contributed by atoms with van der Waals surface area (Å²) >= 11 is 0. The fourth-order valence-corrected chi connectivity index (χ4v) is 1.41. The van der Waals surface area contributed by atoms with Crippen molar-refractivity contribution in [1.29, 1.82) is 0 Å². The molecule has 0 amide bonds. The van der Waals surface area contributed by atoms with Crippen LogP contribution in [0.25, 0.3) is 0 Å². The van der Waals surface area contributed by atoms with Gasteiger partial charge in [-0.15, -0.1) is 0 Å². The molecule has 0 aliphatic rings. The van der Waals surface area contributed by atoms with Gasteiger partial charge in [0.2, 0.25) is 0 Å². The first-order valence-corrected chi connectivity index (χ1v) is 5.77. The molecule has 1 rings (SSSR count). The van der Waals surface area contributed by atoms with Crippen molar-refractivity contribution in [2.24, 2.45) is 0 Å². The van der Waals surface area contributed by atoms with Crippen LogP contribution in [0.4, 0.5) is 0 Å². The molecule has 0 aliphatic carbocycles. The highest BCUT2D eigenvalue weighted by Crippen LogP contribution is 2.26. The fraction of sp³-hybridized carbons (Fsp3) is 0.500. The zero-order valence-corrected chi connectivity index (χ0v) is 11.5. The molecule has 0 saturated heterocycles. The number of hydrogen-bond donors (Lipinski definition) is 1. The maximum Gasteiger partial charge on any atom is 0.343 e. The van der Waals surface area contributed by atoms with E-state index in [1.807, 2.05) is 0 Å². The molecule has 1 aromatic carbocycles. The van der Waals surface area contributed by atoms with Gasteiger partial charge in [-0.1, -0.05) is 12.1 Å². The zero-order valence-electron chi connectivity index (χ0n) is 11.5. The molecule has 0 bridgehead atoms. The molecule has 0 spiro atoms. The molecule has 1 atom stereocenters. The lowest BCUT2D eigenvalue weighted by molar-refractivity contribution is -0.176. The van der Waals surface area contributed by atoms with Crippen molar-refractivity contribution in [3.05, 3.63) is 29.8 Å². The molecule has 0 radical (unpaired) electrons. The number of ether oxygens (including phenoxy) is 2. The van der Waals surface area contributed by atoms with Crippen LogP contribution in [0.15, 0.2) is 24.3 Å². The van der Waals surface area contributed by atoms with Crippen LogP contribution < -0.4 is 4.74 Å². The van der Waals surface area contributed by atoms with Crippen LogP contribution in [0.1, 0.15) is 33.3 Å². The van der Waals surface area contributed by atoms with E-state index in [0.717, 1.165) is 0 Å². The smallest absolute Gasteiger partial charge is 0.343 e. The Balaban J connectivity index is 2.94. The minimum atomic E-state index is -1.67. The standard InChI is InChI=1S/C14H20O4/c1-13(2,3)18-12(15)14(4,16)10-6-8-11(17-5)9-7-10/h6-9,16H,1-5H3. The van der Waals surface area contributed by atoms with Crippen molar-refractivity contribution in [2.75, 3.05) is 7.11 Å². The molecule has 4 nitrogen and oxygen atoms in total. The molecule has 0 aliphatic heterocycles. The van der Waals surface area contributed by atoms with Gasteiger partial charge in [-0.3, -0.25) is 0 Å². The van der Waals surface area contributed by atoms with E-state index in [4.69, 9.17) is 9.47 Å². The number of aliphatic hydroxyl groups is 1. The van der Waals surface area contributed by atoms with Crippen LogP contribution in [0.5, 0.6) is 5.75 Å². The Hall–Kier alpha value is -1.55. The molecule has 4 heteroatoms. The Morgan fingerprint density at radius 2 is 1.61 bits per heavy atom. The first kappa shape index (κ1) is 14.5. The van der Waals surface area contributed by atoms with Crippen LogP contribution in [0.2, 0.25) is 0 Å². The Kier molecular flexibility index (Phi) is 4.02. The summed E-state index contributed by atoms with van der Waals surface area (Å²) in [6, 6.07) is 6.66. The minimum Gasteiger partial charge on any atom is -0.497 e. The van der Waals surface area contributed by atoms with Crippen molar-refractivity contribution in [3.63, 3.8) is 0 Å². The van der Waals surface area contributed by atoms with Gasteiger partial charge in [0.25, 0.3) is 0 Å². The third-order valence-electron chi connectivity index (χ3n) is 2.45. The second-order valence-electron chi connectivity index (χ2n) is 5.30. The molecule has 1 unspecified atom stereocenters. The summed E-state index contributed by atoms with van der Waals surface area (Å²) in [5.74, 6) is -0.00101. The van der Waals surface area contributed by atoms with Gasteiger partial charge in [0.05, 0.1) is 7.11 Å². The fourth-order valence-electron chi connectivity index (χ4n) is 1.41. The van der Waals surface area contributed by atoms with E-state index in [1.54, 1.807) is 52.1 Å². The predicted molar refractivity (Wildman–Crippen MR) is 68.4 cm³/mol. The highest BCUT2D eigenvalue weighted by molar-refractivity contribution is 5.81. The number of carbonyl (C=O) groups excluding carboxylic acids is 1. The molecule has 18 heavy (non-hydrogen) atoms. The molecule has 100 valence electrons. The van der Waals surface area contributed by atoms with Gasteiger partial charge in [-0.2, -0.15) is 0 Å².